The SMILES string of the molecule is C=CCN(CC(F)(F)F)C(=O)c1cccc(-n2ccnc2SC)c1. The number of carbonyl (C=O) groups excluding carboxylic acids is 1. The molecule has 8 heteroatoms. The zero-order valence-corrected chi connectivity index (χ0v) is 13.8. The molecule has 0 radical (unpaired) electrons. The van der Waals surface area contributed by atoms with Crippen LogP contribution in [0, 0.1) is 0 Å². The van der Waals surface area contributed by atoms with Gasteiger partial charge in [-0.05, 0) is 24.5 Å². The highest BCUT2D eigenvalue weighted by Crippen LogP contribution is 2.21. The van der Waals surface area contributed by atoms with E-state index >= 15 is 0 Å². The first kappa shape index (κ1) is 18.1. The third-order valence-electron chi connectivity index (χ3n) is 3.17. The van der Waals surface area contributed by atoms with Crippen LogP contribution in [0.3, 0.4) is 0 Å². The van der Waals surface area contributed by atoms with Gasteiger partial charge in [-0.2, -0.15) is 13.2 Å². The molecule has 1 heterocycles. The monoisotopic (exact) mass is 355 g/mol. The van der Waals surface area contributed by atoms with Crippen LogP contribution in [0.15, 0.2) is 54.5 Å². The Labute approximate surface area is 142 Å². The number of carbonyl (C=O) groups is 1. The molecule has 128 valence electrons. The van der Waals surface area contributed by atoms with Crippen LogP contribution in [-0.2, 0) is 0 Å². The number of hydrogen-bond donors (Lipinski definition) is 0. The molecule has 1 amide bonds. The number of hydrogen-bond acceptors (Lipinski definition) is 3. The van der Waals surface area contributed by atoms with Crippen LogP contribution >= 0.6 is 11.8 Å². The van der Waals surface area contributed by atoms with Gasteiger partial charge in [0.05, 0.1) is 0 Å². The van der Waals surface area contributed by atoms with Crippen LogP contribution in [0.2, 0.25) is 0 Å². The standard InChI is InChI=1S/C16H16F3N3OS/c1-3-8-21(11-16(17,18)19)14(23)12-5-4-6-13(10-12)22-9-7-20-15(22)24-2/h3-7,9-10H,1,8,11H2,2H3. The van der Waals surface area contributed by atoms with Crippen molar-refractivity contribution < 1.29 is 18.0 Å². The van der Waals surface area contributed by atoms with E-state index in [0.29, 0.717) is 5.69 Å². The van der Waals surface area contributed by atoms with Gasteiger partial charge in [0, 0.05) is 30.2 Å². The summed E-state index contributed by atoms with van der Waals surface area (Å²) in [5.41, 5.74) is 0.840. The first-order valence-corrected chi connectivity index (χ1v) is 8.23. The summed E-state index contributed by atoms with van der Waals surface area (Å²) in [5.74, 6) is -0.695. The molecule has 4 nitrogen and oxygen atoms in total. The summed E-state index contributed by atoms with van der Waals surface area (Å²) in [5, 5.41) is 0.720. The molecular weight excluding hydrogens is 339 g/mol. The molecule has 0 atom stereocenters. The van der Waals surface area contributed by atoms with E-state index in [9.17, 15) is 18.0 Å². The topological polar surface area (TPSA) is 38.1 Å². The zero-order chi connectivity index (χ0) is 17.7. The maximum Gasteiger partial charge on any atom is 0.406 e. The zero-order valence-electron chi connectivity index (χ0n) is 13.0. The van der Waals surface area contributed by atoms with Crippen LogP contribution in [0.1, 0.15) is 10.4 Å². The number of alkyl halides is 3. The highest BCUT2D eigenvalue weighted by atomic mass is 32.2. The van der Waals surface area contributed by atoms with Crippen molar-refractivity contribution in [3.8, 4) is 5.69 Å². The molecule has 0 aliphatic heterocycles. The molecule has 0 aliphatic carbocycles. The third kappa shape index (κ3) is 4.41. The lowest BCUT2D eigenvalue weighted by Crippen LogP contribution is -2.39. The van der Waals surface area contributed by atoms with E-state index in [0.717, 1.165) is 10.1 Å². The maximum absolute atomic E-state index is 12.7. The van der Waals surface area contributed by atoms with Crippen molar-refractivity contribution in [3.63, 3.8) is 0 Å². The van der Waals surface area contributed by atoms with Crippen molar-refractivity contribution in [2.75, 3.05) is 19.3 Å². The summed E-state index contributed by atoms with van der Waals surface area (Å²) >= 11 is 1.43. The molecule has 24 heavy (non-hydrogen) atoms. The molecule has 0 unspecified atom stereocenters. The van der Waals surface area contributed by atoms with Crippen LogP contribution < -0.4 is 0 Å². The van der Waals surface area contributed by atoms with Crippen LogP contribution in [0.5, 0.6) is 0 Å². The molecule has 0 N–H and O–H groups in total. The number of amides is 1. The summed E-state index contributed by atoms with van der Waals surface area (Å²) in [6.45, 7) is 1.92. The second-order valence-corrected chi connectivity index (χ2v) is 5.70. The normalized spacial score (nSPS) is 11.3. The lowest BCUT2D eigenvalue weighted by atomic mass is 10.1. The van der Waals surface area contributed by atoms with Gasteiger partial charge in [0.25, 0.3) is 5.91 Å². The van der Waals surface area contributed by atoms with Crippen molar-refractivity contribution >= 4 is 17.7 Å². The molecule has 0 spiro atoms. The molecule has 1 aromatic carbocycles. The van der Waals surface area contributed by atoms with E-state index in [1.165, 1.54) is 23.9 Å². The molecule has 2 rings (SSSR count). The van der Waals surface area contributed by atoms with E-state index in [2.05, 4.69) is 11.6 Å². The summed E-state index contributed by atoms with van der Waals surface area (Å²) in [4.78, 5) is 17.3. The van der Waals surface area contributed by atoms with E-state index < -0.39 is 18.6 Å². The van der Waals surface area contributed by atoms with Gasteiger partial charge in [-0.1, -0.05) is 23.9 Å². The van der Waals surface area contributed by atoms with Gasteiger partial charge in [-0.3, -0.25) is 9.36 Å². The predicted octanol–water partition coefficient (Wildman–Crippen LogP) is 3.78. The Morgan fingerprint density at radius 1 is 1.46 bits per heavy atom. The second kappa shape index (κ2) is 7.57. The molecule has 0 fully saturated rings. The van der Waals surface area contributed by atoms with Gasteiger partial charge < -0.3 is 4.90 Å². The Hall–Kier alpha value is -2.22. The van der Waals surface area contributed by atoms with E-state index in [1.54, 1.807) is 35.2 Å². The molecule has 2 aromatic rings. The number of halogens is 3. The Morgan fingerprint density at radius 2 is 2.21 bits per heavy atom. The summed E-state index contributed by atoms with van der Waals surface area (Å²) in [6, 6.07) is 6.44. The molecule has 0 saturated carbocycles. The average Bonchev–Trinajstić information content (AvgIpc) is 3.01. The third-order valence-corrected chi connectivity index (χ3v) is 3.83. The van der Waals surface area contributed by atoms with Crippen LogP contribution in [-0.4, -0.2) is 45.9 Å². The lowest BCUT2D eigenvalue weighted by molar-refractivity contribution is -0.139. The highest BCUT2D eigenvalue weighted by Gasteiger charge is 2.32. The van der Waals surface area contributed by atoms with Crippen molar-refractivity contribution in [2.24, 2.45) is 0 Å². The number of benzene rings is 1. The minimum atomic E-state index is -4.47. The average molecular weight is 355 g/mol. The Bertz CT molecular complexity index is 727. The predicted molar refractivity (Wildman–Crippen MR) is 87.5 cm³/mol. The summed E-state index contributed by atoms with van der Waals surface area (Å²) in [7, 11) is 0. The molecule has 1 aromatic heterocycles. The fourth-order valence-corrected chi connectivity index (χ4v) is 2.73. The van der Waals surface area contributed by atoms with Crippen molar-refractivity contribution in [1.29, 1.82) is 0 Å². The van der Waals surface area contributed by atoms with Gasteiger partial charge in [0.2, 0.25) is 0 Å². The maximum atomic E-state index is 12.7. The molecule has 0 bridgehead atoms. The number of thioether (sulfide) groups is 1. The van der Waals surface area contributed by atoms with Gasteiger partial charge in [-0.25, -0.2) is 4.98 Å². The van der Waals surface area contributed by atoms with E-state index in [4.69, 9.17) is 0 Å². The number of imidazole rings is 1. The number of aromatic nitrogens is 2. The summed E-state index contributed by atoms with van der Waals surface area (Å²) in [6.07, 6.45) is 2.02. The van der Waals surface area contributed by atoms with E-state index in [1.807, 2.05) is 6.26 Å². The van der Waals surface area contributed by atoms with Gasteiger partial charge in [-0.15, -0.1) is 6.58 Å². The van der Waals surface area contributed by atoms with Crippen LogP contribution in [0.4, 0.5) is 13.2 Å². The van der Waals surface area contributed by atoms with Gasteiger partial charge in [0.1, 0.15) is 6.54 Å². The minimum absolute atomic E-state index is 0.177. The second-order valence-electron chi connectivity index (χ2n) is 4.92. The Kier molecular flexibility index (Phi) is 5.71. The quantitative estimate of drug-likeness (QED) is 0.585. The largest absolute Gasteiger partial charge is 0.406 e. The Balaban J connectivity index is 2.32. The Morgan fingerprint density at radius 3 is 2.83 bits per heavy atom. The fourth-order valence-electron chi connectivity index (χ4n) is 2.20. The van der Waals surface area contributed by atoms with Crippen molar-refractivity contribution in [1.82, 2.24) is 14.5 Å². The van der Waals surface area contributed by atoms with Crippen LogP contribution in [0.25, 0.3) is 5.69 Å². The smallest absolute Gasteiger partial charge is 0.326 e. The highest BCUT2D eigenvalue weighted by molar-refractivity contribution is 7.98. The van der Waals surface area contributed by atoms with Crippen molar-refractivity contribution in [2.45, 2.75) is 11.3 Å². The first-order chi connectivity index (χ1) is 11.4. The molecule has 0 aliphatic rings. The molecule has 0 saturated heterocycles. The van der Waals surface area contributed by atoms with Gasteiger partial charge in [0.15, 0.2) is 5.16 Å². The summed E-state index contributed by atoms with van der Waals surface area (Å²) < 4.78 is 39.8. The van der Waals surface area contributed by atoms with E-state index in [-0.39, 0.29) is 12.1 Å². The lowest BCUT2D eigenvalue weighted by Gasteiger charge is -2.22. The van der Waals surface area contributed by atoms with Crippen molar-refractivity contribution in [3.05, 3.63) is 54.9 Å². The first-order valence-electron chi connectivity index (χ1n) is 7.00. The minimum Gasteiger partial charge on any atom is -0.326 e. The number of rotatable bonds is 6. The van der Waals surface area contributed by atoms with Gasteiger partial charge >= 0.3 is 6.18 Å². The molecular formula is C16H16F3N3OS. The fraction of sp³-hybridized carbons (Fsp3) is 0.250. The number of nitrogens with zero attached hydrogens (tertiary/aromatic N) is 3.